The minimum atomic E-state index is -4.43. The Balaban J connectivity index is 2.56. The lowest BCUT2D eigenvalue weighted by Gasteiger charge is -2.13. The number of halogens is 3. The summed E-state index contributed by atoms with van der Waals surface area (Å²) in [6, 6.07) is 2.42. The van der Waals surface area contributed by atoms with Crippen LogP contribution in [-0.2, 0) is 6.18 Å². The van der Waals surface area contributed by atoms with Crippen molar-refractivity contribution in [1.29, 1.82) is 0 Å². The molecule has 0 amide bonds. The fourth-order valence-corrected chi connectivity index (χ4v) is 1.40. The first kappa shape index (κ1) is 13.7. The van der Waals surface area contributed by atoms with E-state index in [1.165, 1.54) is 6.07 Å². The molecule has 1 aromatic heterocycles. The second kappa shape index (κ2) is 5.84. The topological polar surface area (TPSA) is 37.8 Å². The van der Waals surface area contributed by atoms with Gasteiger partial charge < -0.3 is 5.32 Å². The van der Waals surface area contributed by atoms with E-state index >= 15 is 0 Å². The minimum Gasteiger partial charge on any atom is -0.366 e. The van der Waals surface area contributed by atoms with Gasteiger partial charge in [0.1, 0.15) is 5.82 Å². The van der Waals surface area contributed by atoms with Gasteiger partial charge in [0, 0.05) is 6.04 Å². The van der Waals surface area contributed by atoms with Gasteiger partial charge in [0.05, 0.1) is 0 Å². The zero-order chi connectivity index (χ0) is 12.9. The molecule has 1 aromatic rings. The first-order chi connectivity index (χ1) is 7.93. The maximum Gasteiger partial charge on any atom is 0.435 e. The molecule has 0 saturated carbocycles. The van der Waals surface area contributed by atoms with Crippen LogP contribution in [0.2, 0.25) is 0 Å². The van der Waals surface area contributed by atoms with Crippen LogP contribution in [0.3, 0.4) is 0 Å². The van der Waals surface area contributed by atoms with Crippen molar-refractivity contribution in [3.05, 3.63) is 17.8 Å². The average molecular weight is 247 g/mol. The molecule has 0 aliphatic carbocycles. The third kappa shape index (κ3) is 4.58. The first-order valence-electron chi connectivity index (χ1n) is 5.61. The summed E-state index contributed by atoms with van der Waals surface area (Å²) in [5, 5.41) is 9.67. The van der Waals surface area contributed by atoms with E-state index in [0.717, 1.165) is 25.3 Å². The van der Waals surface area contributed by atoms with Gasteiger partial charge in [-0.15, -0.1) is 10.2 Å². The molecule has 0 fully saturated rings. The van der Waals surface area contributed by atoms with E-state index in [1.54, 1.807) is 0 Å². The third-order valence-corrected chi connectivity index (χ3v) is 2.34. The number of nitrogens with one attached hydrogen (secondary N) is 1. The number of alkyl halides is 3. The summed E-state index contributed by atoms with van der Waals surface area (Å²) in [6.45, 7) is 4.06. The first-order valence-corrected chi connectivity index (χ1v) is 5.61. The van der Waals surface area contributed by atoms with Gasteiger partial charge in [-0.1, -0.05) is 19.8 Å². The second-order valence-electron chi connectivity index (χ2n) is 3.99. The van der Waals surface area contributed by atoms with Crippen molar-refractivity contribution in [3.63, 3.8) is 0 Å². The Morgan fingerprint density at radius 1 is 1.29 bits per heavy atom. The number of hydrogen-bond donors (Lipinski definition) is 1. The van der Waals surface area contributed by atoms with Crippen molar-refractivity contribution < 1.29 is 13.2 Å². The third-order valence-electron chi connectivity index (χ3n) is 2.34. The fourth-order valence-electron chi connectivity index (χ4n) is 1.40. The predicted molar refractivity (Wildman–Crippen MR) is 59.6 cm³/mol. The van der Waals surface area contributed by atoms with Crippen LogP contribution in [0.1, 0.15) is 38.8 Å². The molecule has 1 rings (SSSR count). The molecule has 6 heteroatoms. The zero-order valence-electron chi connectivity index (χ0n) is 9.88. The quantitative estimate of drug-likeness (QED) is 0.865. The molecular weight excluding hydrogens is 231 g/mol. The van der Waals surface area contributed by atoms with Crippen LogP contribution < -0.4 is 5.32 Å². The van der Waals surface area contributed by atoms with Crippen LogP contribution in [0.25, 0.3) is 0 Å². The lowest BCUT2D eigenvalue weighted by atomic mass is 10.1. The number of nitrogens with zero attached hydrogens (tertiary/aromatic N) is 2. The SMILES string of the molecule is CCCCC(C)Nc1ccc(C(F)(F)F)nn1. The summed E-state index contributed by atoms with van der Waals surface area (Å²) in [7, 11) is 0. The smallest absolute Gasteiger partial charge is 0.366 e. The van der Waals surface area contributed by atoms with Crippen molar-refractivity contribution in [2.75, 3.05) is 5.32 Å². The molecule has 0 aromatic carbocycles. The highest BCUT2D eigenvalue weighted by atomic mass is 19.4. The van der Waals surface area contributed by atoms with Gasteiger partial charge in [0.25, 0.3) is 0 Å². The van der Waals surface area contributed by atoms with Gasteiger partial charge in [-0.3, -0.25) is 0 Å². The zero-order valence-corrected chi connectivity index (χ0v) is 9.88. The molecule has 1 unspecified atom stereocenters. The maximum absolute atomic E-state index is 12.2. The van der Waals surface area contributed by atoms with E-state index in [-0.39, 0.29) is 6.04 Å². The van der Waals surface area contributed by atoms with E-state index < -0.39 is 11.9 Å². The molecule has 0 saturated heterocycles. The Labute approximate surface area is 98.4 Å². The van der Waals surface area contributed by atoms with Crippen LogP contribution >= 0.6 is 0 Å². The fraction of sp³-hybridized carbons (Fsp3) is 0.636. The highest BCUT2D eigenvalue weighted by Crippen LogP contribution is 2.27. The Hall–Kier alpha value is -1.33. The summed E-state index contributed by atoms with van der Waals surface area (Å²) >= 11 is 0. The standard InChI is InChI=1S/C11H16F3N3/c1-3-4-5-8(2)15-10-7-6-9(16-17-10)11(12,13)14/h6-8H,3-5H2,1-2H3,(H,15,17). The van der Waals surface area contributed by atoms with Gasteiger partial charge in [-0.05, 0) is 25.5 Å². The van der Waals surface area contributed by atoms with Gasteiger partial charge in [-0.25, -0.2) is 0 Å². The summed E-state index contributed by atoms with van der Waals surface area (Å²) < 4.78 is 36.7. The minimum absolute atomic E-state index is 0.181. The van der Waals surface area contributed by atoms with Gasteiger partial charge >= 0.3 is 6.18 Å². The summed E-state index contributed by atoms with van der Waals surface area (Å²) in [5.41, 5.74) is -0.968. The highest BCUT2D eigenvalue weighted by Gasteiger charge is 2.32. The molecule has 0 aliphatic rings. The van der Waals surface area contributed by atoms with Crippen molar-refractivity contribution in [3.8, 4) is 0 Å². The molecule has 0 aliphatic heterocycles. The number of anilines is 1. The Morgan fingerprint density at radius 2 is 2.00 bits per heavy atom. The highest BCUT2D eigenvalue weighted by molar-refractivity contribution is 5.34. The largest absolute Gasteiger partial charge is 0.435 e. The van der Waals surface area contributed by atoms with Crippen LogP contribution in [0.4, 0.5) is 19.0 Å². The number of rotatable bonds is 5. The van der Waals surface area contributed by atoms with Gasteiger partial charge in [0.2, 0.25) is 0 Å². The molecule has 0 bridgehead atoms. The van der Waals surface area contributed by atoms with Crippen molar-refractivity contribution in [2.45, 2.75) is 45.3 Å². The summed E-state index contributed by atoms with van der Waals surface area (Å²) in [4.78, 5) is 0. The molecule has 0 radical (unpaired) electrons. The van der Waals surface area contributed by atoms with E-state index in [2.05, 4.69) is 22.4 Å². The summed E-state index contributed by atoms with van der Waals surface area (Å²) in [6.07, 6.45) is -1.31. The van der Waals surface area contributed by atoms with Crippen LogP contribution in [-0.4, -0.2) is 16.2 Å². The number of unbranched alkanes of at least 4 members (excludes halogenated alkanes) is 1. The molecular formula is C11H16F3N3. The Bertz CT molecular complexity index is 335. The Kier molecular flexibility index (Phi) is 4.72. The van der Waals surface area contributed by atoms with Crippen LogP contribution in [0.5, 0.6) is 0 Å². The molecule has 1 N–H and O–H groups in total. The van der Waals surface area contributed by atoms with Gasteiger partial charge in [-0.2, -0.15) is 13.2 Å². The summed E-state index contributed by atoms with van der Waals surface area (Å²) in [5.74, 6) is 0.376. The molecule has 1 heterocycles. The van der Waals surface area contributed by atoms with E-state index in [9.17, 15) is 13.2 Å². The second-order valence-corrected chi connectivity index (χ2v) is 3.99. The van der Waals surface area contributed by atoms with Crippen molar-refractivity contribution in [2.24, 2.45) is 0 Å². The number of aromatic nitrogens is 2. The normalized spacial score (nSPS) is 13.5. The van der Waals surface area contributed by atoms with E-state index in [1.807, 2.05) is 6.92 Å². The molecule has 96 valence electrons. The van der Waals surface area contributed by atoms with Crippen molar-refractivity contribution in [1.82, 2.24) is 10.2 Å². The molecule has 1 atom stereocenters. The van der Waals surface area contributed by atoms with E-state index in [0.29, 0.717) is 5.82 Å². The molecule has 3 nitrogen and oxygen atoms in total. The Morgan fingerprint density at radius 3 is 2.47 bits per heavy atom. The van der Waals surface area contributed by atoms with Crippen molar-refractivity contribution >= 4 is 5.82 Å². The number of hydrogen-bond acceptors (Lipinski definition) is 3. The van der Waals surface area contributed by atoms with E-state index in [4.69, 9.17) is 0 Å². The van der Waals surface area contributed by atoms with Crippen LogP contribution in [0, 0.1) is 0 Å². The average Bonchev–Trinajstić information content (AvgIpc) is 2.26. The molecule has 0 spiro atoms. The van der Waals surface area contributed by atoms with Crippen LogP contribution in [0.15, 0.2) is 12.1 Å². The predicted octanol–water partition coefficient (Wildman–Crippen LogP) is 3.49. The maximum atomic E-state index is 12.2. The lowest BCUT2D eigenvalue weighted by molar-refractivity contribution is -0.141. The lowest BCUT2D eigenvalue weighted by Crippen LogP contribution is -2.17. The van der Waals surface area contributed by atoms with Gasteiger partial charge in [0.15, 0.2) is 5.69 Å². The monoisotopic (exact) mass is 247 g/mol. The molecule has 17 heavy (non-hydrogen) atoms.